The minimum atomic E-state index is -0.963. The van der Waals surface area contributed by atoms with Gasteiger partial charge in [-0.1, -0.05) is 60.5 Å². The van der Waals surface area contributed by atoms with Crippen molar-refractivity contribution in [1.29, 1.82) is 0 Å². The largest absolute Gasteiger partial charge is 0.404 e. The number of nitrogens with two attached hydrogens (primary N) is 1. The zero-order chi connectivity index (χ0) is 20.6. The SMILES string of the molecule is C=C(S/C(C)=C\N)C(/C=C\C[C@H]1OCCCC1CS(=C)(=C)C1CC1)=C/C=C/C. The molecule has 2 aliphatic rings. The Labute approximate surface area is 177 Å². The van der Waals surface area contributed by atoms with Crippen LogP contribution in [-0.2, 0) is 4.74 Å². The highest BCUT2D eigenvalue weighted by molar-refractivity contribution is 8.28. The van der Waals surface area contributed by atoms with E-state index >= 15 is 0 Å². The number of rotatable bonds is 10. The molecule has 1 unspecified atom stereocenters. The summed E-state index contributed by atoms with van der Waals surface area (Å²) >= 11 is 1.61. The fourth-order valence-electron chi connectivity index (χ4n) is 3.54. The van der Waals surface area contributed by atoms with Crippen LogP contribution in [0.2, 0.25) is 0 Å². The van der Waals surface area contributed by atoms with E-state index in [1.54, 1.807) is 18.0 Å². The molecule has 0 amide bonds. The quantitative estimate of drug-likeness (QED) is 0.342. The molecule has 2 fully saturated rings. The average molecular weight is 420 g/mol. The third-order valence-corrected chi connectivity index (χ3v) is 9.25. The molecule has 0 radical (unpaired) electrons. The summed E-state index contributed by atoms with van der Waals surface area (Å²) in [6.07, 6.45) is 18.5. The van der Waals surface area contributed by atoms with E-state index in [1.807, 2.05) is 26.0 Å². The van der Waals surface area contributed by atoms with Gasteiger partial charge < -0.3 is 10.5 Å². The summed E-state index contributed by atoms with van der Waals surface area (Å²) in [6, 6.07) is 0. The molecule has 2 nitrogen and oxygen atoms in total. The molecule has 1 aliphatic heterocycles. The minimum absolute atomic E-state index is 0.286. The lowest BCUT2D eigenvalue weighted by atomic mass is 9.93. The molecule has 28 heavy (non-hydrogen) atoms. The van der Waals surface area contributed by atoms with E-state index in [-0.39, 0.29) is 6.10 Å². The average Bonchev–Trinajstić information content (AvgIpc) is 3.51. The Balaban J connectivity index is 2.02. The predicted octanol–water partition coefficient (Wildman–Crippen LogP) is 6.13. The third-order valence-electron chi connectivity index (χ3n) is 5.33. The van der Waals surface area contributed by atoms with Gasteiger partial charge in [0.25, 0.3) is 0 Å². The highest BCUT2D eigenvalue weighted by Crippen LogP contribution is 2.46. The zero-order valence-corrected chi connectivity index (χ0v) is 19.2. The van der Waals surface area contributed by atoms with Crippen LogP contribution in [0.5, 0.6) is 0 Å². The standard InChI is InChI=1S/C24H37NOS2/c1-6-7-10-21(20(3)27-19(2)17-25)11-8-13-24-22(12-9-16-26-24)18-28(4,5)23-14-15-23/h6-8,10-11,17,22-24H,3-5,9,12-16,18,25H2,1-2H3/b7-6+,11-8-,19-17-,21-10+/t22?,24-/m1/s1. The van der Waals surface area contributed by atoms with Crippen molar-refractivity contribution in [2.24, 2.45) is 11.7 Å². The van der Waals surface area contributed by atoms with Crippen molar-refractivity contribution >= 4 is 32.7 Å². The second-order valence-electron chi connectivity index (χ2n) is 7.88. The Morgan fingerprint density at radius 3 is 2.68 bits per heavy atom. The van der Waals surface area contributed by atoms with Gasteiger partial charge in [0, 0.05) is 22.6 Å². The van der Waals surface area contributed by atoms with Crippen molar-refractivity contribution in [1.82, 2.24) is 0 Å². The molecule has 1 aliphatic carbocycles. The Hall–Kier alpha value is -1.10. The van der Waals surface area contributed by atoms with Gasteiger partial charge in [0.05, 0.1) is 6.10 Å². The lowest BCUT2D eigenvalue weighted by molar-refractivity contribution is -0.0162. The molecule has 0 bridgehead atoms. The van der Waals surface area contributed by atoms with Crippen molar-refractivity contribution in [3.8, 4) is 0 Å². The number of thioether (sulfide) groups is 1. The minimum Gasteiger partial charge on any atom is -0.404 e. The Morgan fingerprint density at radius 2 is 2.04 bits per heavy atom. The topological polar surface area (TPSA) is 35.2 Å². The van der Waals surface area contributed by atoms with Gasteiger partial charge in [0.2, 0.25) is 0 Å². The van der Waals surface area contributed by atoms with Gasteiger partial charge in [0.1, 0.15) is 0 Å². The fourth-order valence-corrected chi connectivity index (χ4v) is 6.89. The monoisotopic (exact) mass is 419 g/mol. The van der Waals surface area contributed by atoms with Gasteiger partial charge in [0.15, 0.2) is 0 Å². The van der Waals surface area contributed by atoms with E-state index in [0.717, 1.165) is 45.8 Å². The van der Waals surface area contributed by atoms with E-state index in [9.17, 15) is 0 Å². The van der Waals surface area contributed by atoms with Gasteiger partial charge in [-0.2, -0.15) is 0 Å². The fraction of sp³-hybridized carbons (Fsp3) is 0.500. The summed E-state index contributed by atoms with van der Waals surface area (Å²) in [4.78, 5) is 2.05. The van der Waals surface area contributed by atoms with Crippen molar-refractivity contribution in [3.63, 3.8) is 0 Å². The number of ether oxygens (including phenoxy) is 1. The first-order valence-corrected chi connectivity index (χ1v) is 13.2. The molecule has 2 atom stereocenters. The molecule has 1 heterocycles. The second-order valence-corrected chi connectivity index (χ2v) is 12.4. The predicted molar refractivity (Wildman–Crippen MR) is 134 cm³/mol. The van der Waals surface area contributed by atoms with Crippen molar-refractivity contribution in [2.75, 3.05) is 12.4 Å². The summed E-state index contributed by atoms with van der Waals surface area (Å²) in [7, 11) is -0.963. The van der Waals surface area contributed by atoms with E-state index in [4.69, 9.17) is 10.5 Å². The number of hydrogen-bond acceptors (Lipinski definition) is 3. The molecule has 156 valence electrons. The van der Waals surface area contributed by atoms with E-state index in [0.29, 0.717) is 5.92 Å². The Kier molecular flexibility index (Phi) is 9.26. The summed E-state index contributed by atoms with van der Waals surface area (Å²) in [6.45, 7) is 9.11. The molecule has 2 rings (SSSR count). The molecule has 0 spiro atoms. The maximum Gasteiger partial charge on any atom is 0.0645 e. The van der Waals surface area contributed by atoms with Crippen molar-refractivity contribution in [2.45, 2.75) is 57.3 Å². The molecule has 0 aromatic carbocycles. The molecule has 1 saturated carbocycles. The lowest BCUT2D eigenvalue weighted by Crippen LogP contribution is -2.31. The lowest BCUT2D eigenvalue weighted by Gasteiger charge is -2.33. The van der Waals surface area contributed by atoms with Gasteiger partial charge in [-0.05, 0) is 68.4 Å². The number of allylic oxidation sites excluding steroid dienone is 6. The second kappa shape index (κ2) is 11.2. The zero-order valence-electron chi connectivity index (χ0n) is 17.6. The van der Waals surface area contributed by atoms with Crippen molar-refractivity contribution < 1.29 is 4.74 Å². The van der Waals surface area contributed by atoms with Crippen LogP contribution < -0.4 is 5.73 Å². The van der Waals surface area contributed by atoms with Crippen LogP contribution in [0.25, 0.3) is 0 Å². The molecule has 0 aromatic rings. The van der Waals surface area contributed by atoms with Crippen molar-refractivity contribution in [3.05, 3.63) is 58.5 Å². The van der Waals surface area contributed by atoms with Gasteiger partial charge in [-0.15, -0.1) is 0 Å². The highest BCUT2D eigenvalue weighted by Gasteiger charge is 2.32. The molecule has 1 saturated heterocycles. The molecular weight excluding hydrogens is 382 g/mol. The van der Waals surface area contributed by atoms with Crippen LogP contribution in [0, 0.1) is 5.92 Å². The van der Waals surface area contributed by atoms with Crippen LogP contribution in [0.1, 0.15) is 46.0 Å². The van der Waals surface area contributed by atoms with E-state index in [2.05, 4.69) is 36.5 Å². The van der Waals surface area contributed by atoms with Crippen LogP contribution in [0.15, 0.2) is 58.5 Å². The Morgan fingerprint density at radius 1 is 1.29 bits per heavy atom. The van der Waals surface area contributed by atoms with E-state index in [1.165, 1.54) is 19.3 Å². The van der Waals surface area contributed by atoms with Crippen LogP contribution >= 0.6 is 21.0 Å². The molecule has 2 N–H and O–H groups in total. The molecular formula is C24H37NOS2. The molecule has 0 aromatic heterocycles. The van der Waals surface area contributed by atoms with Gasteiger partial charge in [-0.25, -0.2) is 9.21 Å². The summed E-state index contributed by atoms with van der Waals surface area (Å²) < 4.78 is 6.16. The smallest absolute Gasteiger partial charge is 0.0645 e. The van der Waals surface area contributed by atoms with Crippen LogP contribution in [-0.4, -0.2) is 35.5 Å². The van der Waals surface area contributed by atoms with Gasteiger partial charge in [-0.3, -0.25) is 0 Å². The van der Waals surface area contributed by atoms with E-state index < -0.39 is 9.21 Å². The van der Waals surface area contributed by atoms with Crippen LogP contribution in [0.4, 0.5) is 0 Å². The Bertz CT molecular complexity index is 751. The third kappa shape index (κ3) is 7.38. The van der Waals surface area contributed by atoms with Gasteiger partial charge >= 0.3 is 0 Å². The maximum atomic E-state index is 6.16. The summed E-state index contributed by atoms with van der Waals surface area (Å²) in [5, 5.41) is 0.792. The summed E-state index contributed by atoms with van der Waals surface area (Å²) in [5.41, 5.74) is 6.72. The first kappa shape index (κ1) is 23.2. The maximum absolute atomic E-state index is 6.16. The first-order valence-electron chi connectivity index (χ1n) is 10.2. The van der Waals surface area contributed by atoms with Crippen LogP contribution in [0.3, 0.4) is 0 Å². The highest BCUT2D eigenvalue weighted by atomic mass is 32.2. The normalized spacial score (nSPS) is 24.9. The number of hydrogen-bond donors (Lipinski definition) is 1. The summed E-state index contributed by atoms with van der Waals surface area (Å²) in [5.74, 6) is 10.8. The first-order chi connectivity index (χ1) is 13.4. The molecule has 4 heteroatoms.